The molecule has 1 amide bonds. The van der Waals surface area contributed by atoms with Crippen LogP contribution in [0.4, 0.5) is 0 Å². The van der Waals surface area contributed by atoms with Crippen LogP contribution in [0.25, 0.3) is 6.08 Å². The summed E-state index contributed by atoms with van der Waals surface area (Å²) in [4.78, 5) is 25.1. The maximum Gasteiger partial charge on any atom is 0.308 e. The molecule has 0 aliphatic heterocycles. The van der Waals surface area contributed by atoms with E-state index < -0.39 is 5.91 Å². The van der Waals surface area contributed by atoms with Gasteiger partial charge in [-0.1, -0.05) is 43.5 Å². The van der Waals surface area contributed by atoms with E-state index in [1.165, 1.54) is 12.5 Å². The van der Waals surface area contributed by atoms with Gasteiger partial charge in [0.2, 0.25) is 0 Å². The standard InChI is InChI=1S/C20H28N2O4/c1-22(13-14-26-20(24)18-5-3-2-4-6-18)15-17-9-7-16(8-10-17)11-12-19(23)21-25/h7-12,18,25H,2-6,13-15H2,1H3,(H,21,23)/b12-11+. The lowest BCUT2D eigenvalue weighted by atomic mass is 9.89. The molecule has 0 bridgehead atoms. The van der Waals surface area contributed by atoms with Crippen LogP contribution in [0.1, 0.15) is 43.2 Å². The fraction of sp³-hybridized carbons (Fsp3) is 0.500. The van der Waals surface area contributed by atoms with Gasteiger partial charge in [-0.05, 0) is 37.1 Å². The van der Waals surface area contributed by atoms with Crippen LogP contribution in [0.15, 0.2) is 30.3 Å². The van der Waals surface area contributed by atoms with E-state index in [4.69, 9.17) is 9.94 Å². The maximum atomic E-state index is 12.0. The first-order valence-electron chi connectivity index (χ1n) is 9.15. The van der Waals surface area contributed by atoms with E-state index in [-0.39, 0.29) is 11.9 Å². The number of nitrogens with one attached hydrogen (secondary N) is 1. The van der Waals surface area contributed by atoms with Crippen molar-refractivity contribution in [2.24, 2.45) is 5.92 Å². The first kappa shape index (κ1) is 20.1. The zero-order chi connectivity index (χ0) is 18.8. The fourth-order valence-corrected chi connectivity index (χ4v) is 3.09. The van der Waals surface area contributed by atoms with Crippen LogP contribution in [0.2, 0.25) is 0 Å². The van der Waals surface area contributed by atoms with Crippen LogP contribution in [0.5, 0.6) is 0 Å². The number of hydrogen-bond acceptors (Lipinski definition) is 5. The second-order valence-corrected chi connectivity index (χ2v) is 6.79. The van der Waals surface area contributed by atoms with Crippen LogP contribution in [-0.2, 0) is 20.9 Å². The van der Waals surface area contributed by atoms with E-state index in [9.17, 15) is 9.59 Å². The summed E-state index contributed by atoms with van der Waals surface area (Å²) in [6, 6.07) is 7.79. The molecule has 0 heterocycles. The third-order valence-electron chi connectivity index (χ3n) is 4.63. The quantitative estimate of drug-likeness (QED) is 0.323. The van der Waals surface area contributed by atoms with Crippen LogP contribution >= 0.6 is 0 Å². The van der Waals surface area contributed by atoms with Gasteiger partial charge < -0.3 is 4.74 Å². The highest BCUT2D eigenvalue weighted by atomic mass is 16.5. The smallest absolute Gasteiger partial charge is 0.308 e. The van der Waals surface area contributed by atoms with E-state index >= 15 is 0 Å². The second kappa shape index (κ2) is 10.7. The Balaban J connectivity index is 1.70. The highest BCUT2D eigenvalue weighted by Crippen LogP contribution is 2.24. The maximum absolute atomic E-state index is 12.0. The lowest BCUT2D eigenvalue weighted by Gasteiger charge is -2.21. The SMILES string of the molecule is CN(CCOC(=O)C1CCCCC1)Cc1ccc(/C=C/C(=O)NO)cc1. The molecule has 1 aromatic carbocycles. The summed E-state index contributed by atoms with van der Waals surface area (Å²) < 4.78 is 5.43. The van der Waals surface area contributed by atoms with Gasteiger partial charge in [-0.2, -0.15) is 0 Å². The average molecular weight is 360 g/mol. The molecule has 6 nitrogen and oxygen atoms in total. The number of likely N-dealkylation sites (N-methyl/N-ethyl adjacent to an activating group) is 1. The minimum atomic E-state index is -0.559. The predicted molar refractivity (Wildman–Crippen MR) is 99.3 cm³/mol. The van der Waals surface area contributed by atoms with Crippen molar-refractivity contribution in [1.29, 1.82) is 0 Å². The third kappa shape index (κ3) is 6.98. The molecule has 0 spiro atoms. The van der Waals surface area contributed by atoms with E-state index in [1.807, 2.05) is 31.3 Å². The molecule has 0 unspecified atom stereocenters. The zero-order valence-corrected chi connectivity index (χ0v) is 15.3. The largest absolute Gasteiger partial charge is 0.464 e. The van der Waals surface area contributed by atoms with Gasteiger partial charge in [0.1, 0.15) is 6.61 Å². The number of benzene rings is 1. The normalized spacial score (nSPS) is 15.3. The van der Waals surface area contributed by atoms with Crippen molar-refractivity contribution in [3.8, 4) is 0 Å². The summed E-state index contributed by atoms with van der Waals surface area (Å²) in [5.41, 5.74) is 3.56. The third-order valence-corrected chi connectivity index (χ3v) is 4.63. The number of ether oxygens (including phenoxy) is 1. The predicted octanol–water partition coefficient (Wildman–Crippen LogP) is 2.76. The molecule has 2 N–H and O–H groups in total. The highest BCUT2D eigenvalue weighted by molar-refractivity contribution is 5.90. The lowest BCUT2D eigenvalue weighted by molar-refractivity contribution is -0.150. The molecule has 142 valence electrons. The van der Waals surface area contributed by atoms with Crippen molar-refractivity contribution >= 4 is 18.0 Å². The molecule has 26 heavy (non-hydrogen) atoms. The van der Waals surface area contributed by atoms with Gasteiger partial charge in [-0.15, -0.1) is 0 Å². The number of esters is 1. The summed E-state index contributed by atoms with van der Waals surface area (Å²) in [7, 11) is 1.99. The second-order valence-electron chi connectivity index (χ2n) is 6.79. The molecule has 0 atom stereocenters. The molecule has 1 fully saturated rings. The molecular formula is C20H28N2O4. The topological polar surface area (TPSA) is 78.9 Å². The van der Waals surface area contributed by atoms with Gasteiger partial charge in [0.05, 0.1) is 5.92 Å². The van der Waals surface area contributed by atoms with Crippen molar-refractivity contribution < 1.29 is 19.5 Å². The number of carbonyl (C=O) groups is 2. The van der Waals surface area contributed by atoms with E-state index in [0.717, 1.165) is 43.4 Å². The lowest BCUT2D eigenvalue weighted by Crippen LogP contribution is -2.27. The van der Waals surface area contributed by atoms with Crippen LogP contribution in [0, 0.1) is 5.92 Å². The van der Waals surface area contributed by atoms with Gasteiger partial charge in [0.15, 0.2) is 0 Å². The molecule has 0 saturated heterocycles. The summed E-state index contributed by atoms with van der Waals surface area (Å²) >= 11 is 0. The van der Waals surface area contributed by atoms with Crippen molar-refractivity contribution in [2.45, 2.75) is 38.6 Å². The van der Waals surface area contributed by atoms with Crippen LogP contribution < -0.4 is 5.48 Å². The molecule has 0 radical (unpaired) electrons. The van der Waals surface area contributed by atoms with Crippen molar-refractivity contribution in [1.82, 2.24) is 10.4 Å². The summed E-state index contributed by atoms with van der Waals surface area (Å²) in [6.07, 6.45) is 8.33. The van der Waals surface area contributed by atoms with Gasteiger partial charge in [0, 0.05) is 19.2 Å². The molecule has 1 saturated carbocycles. The van der Waals surface area contributed by atoms with E-state index in [0.29, 0.717) is 13.2 Å². The van der Waals surface area contributed by atoms with Gasteiger partial charge in [-0.3, -0.25) is 19.7 Å². The first-order chi connectivity index (χ1) is 12.6. The number of rotatable bonds is 8. The number of hydrogen-bond donors (Lipinski definition) is 2. The van der Waals surface area contributed by atoms with Gasteiger partial charge in [0.25, 0.3) is 5.91 Å². The summed E-state index contributed by atoms with van der Waals surface area (Å²) in [5, 5.41) is 8.45. The Labute approximate surface area is 154 Å². The molecule has 2 rings (SSSR count). The zero-order valence-electron chi connectivity index (χ0n) is 15.3. The minimum absolute atomic E-state index is 0.0406. The molecule has 1 aliphatic carbocycles. The van der Waals surface area contributed by atoms with E-state index in [1.54, 1.807) is 11.6 Å². The van der Waals surface area contributed by atoms with Crippen molar-refractivity contribution in [3.63, 3.8) is 0 Å². The average Bonchev–Trinajstić information content (AvgIpc) is 2.67. The summed E-state index contributed by atoms with van der Waals surface area (Å²) in [6.45, 7) is 1.86. The summed E-state index contributed by atoms with van der Waals surface area (Å²) in [5.74, 6) is -0.500. The monoisotopic (exact) mass is 360 g/mol. The van der Waals surface area contributed by atoms with Crippen molar-refractivity contribution in [3.05, 3.63) is 41.5 Å². The Hall–Kier alpha value is -2.18. The highest BCUT2D eigenvalue weighted by Gasteiger charge is 2.22. The number of nitrogens with zero attached hydrogens (tertiary/aromatic N) is 1. The number of hydroxylamine groups is 1. The Morgan fingerprint density at radius 1 is 1.23 bits per heavy atom. The Kier molecular flexibility index (Phi) is 8.31. The van der Waals surface area contributed by atoms with E-state index in [2.05, 4.69) is 4.90 Å². The molecule has 1 aliphatic rings. The molecule has 0 aromatic heterocycles. The fourth-order valence-electron chi connectivity index (χ4n) is 3.09. The minimum Gasteiger partial charge on any atom is -0.464 e. The Morgan fingerprint density at radius 3 is 2.58 bits per heavy atom. The molecular weight excluding hydrogens is 332 g/mol. The Morgan fingerprint density at radius 2 is 1.92 bits per heavy atom. The molecule has 1 aromatic rings. The number of carbonyl (C=O) groups excluding carboxylic acids is 2. The first-order valence-corrected chi connectivity index (χ1v) is 9.15. The van der Waals surface area contributed by atoms with Gasteiger partial charge in [-0.25, -0.2) is 5.48 Å². The Bertz CT molecular complexity index is 607. The molecule has 6 heteroatoms. The van der Waals surface area contributed by atoms with Crippen LogP contribution in [-0.4, -0.2) is 42.2 Å². The number of amides is 1. The van der Waals surface area contributed by atoms with Crippen molar-refractivity contribution in [2.75, 3.05) is 20.2 Å². The van der Waals surface area contributed by atoms with Gasteiger partial charge >= 0.3 is 5.97 Å². The van der Waals surface area contributed by atoms with Crippen LogP contribution in [0.3, 0.4) is 0 Å².